The summed E-state index contributed by atoms with van der Waals surface area (Å²) in [5.41, 5.74) is 2.47. The molecule has 0 fully saturated rings. The SMILES string of the molecule is CCOc1ccccc1NC1=C(c2ccc(OC)cc2)C(=O)N(CCc2ccc(F)cc2)C1=O. The maximum Gasteiger partial charge on any atom is 0.278 e. The van der Waals surface area contributed by atoms with E-state index < -0.39 is 11.8 Å². The lowest BCUT2D eigenvalue weighted by molar-refractivity contribution is -0.136. The lowest BCUT2D eigenvalue weighted by atomic mass is 10.0. The van der Waals surface area contributed by atoms with E-state index >= 15 is 0 Å². The minimum absolute atomic E-state index is 0.168. The number of nitrogens with one attached hydrogen (secondary N) is 1. The Morgan fingerprint density at radius 2 is 1.62 bits per heavy atom. The monoisotopic (exact) mass is 460 g/mol. The molecule has 1 N–H and O–H groups in total. The molecule has 1 aliphatic heterocycles. The number of nitrogens with zero attached hydrogens (tertiary/aromatic N) is 1. The van der Waals surface area contributed by atoms with Crippen molar-refractivity contribution in [2.45, 2.75) is 13.3 Å². The second-order valence-electron chi connectivity index (χ2n) is 7.67. The summed E-state index contributed by atoms with van der Waals surface area (Å²) in [6.45, 7) is 2.50. The largest absolute Gasteiger partial charge is 0.497 e. The molecule has 1 aliphatic rings. The highest BCUT2D eigenvalue weighted by atomic mass is 19.1. The van der Waals surface area contributed by atoms with Crippen LogP contribution < -0.4 is 14.8 Å². The van der Waals surface area contributed by atoms with E-state index in [1.54, 1.807) is 55.6 Å². The molecular weight excluding hydrogens is 435 g/mol. The number of hydrogen-bond acceptors (Lipinski definition) is 5. The van der Waals surface area contributed by atoms with Crippen LogP contribution in [-0.2, 0) is 16.0 Å². The van der Waals surface area contributed by atoms with Crippen LogP contribution in [0.1, 0.15) is 18.1 Å². The average Bonchev–Trinajstić information content (AvgIpc) is 3.09. The van der Waals surface area contributed by atoms with Crippen LogP contribution in [0.25, 0.3) is 5.57 Å². The lowest BCUT2D eigenvalue weighted by Gasteiger charge is -2.16. The molecule has 7 heteroatoms. The average molecular weight is 461 g/mol. The van der Waals surface area contributed by atoms with Gasteiger partial charge in [0.05, 0.1) is 25.0 Å². The molecule has 174 valence electrons. The van der Waals surface area contributed by atoms with Gasteiger partial charge >= 0.3 is 0 Å². The van der Waals surface area contributed by atoms with E-state index in [0.29, 0.717) is 35.8 Å². The molecule has 0 spiro atoms. The van der Waals surface area contributed by atoms with E-state index in [1.165, 1.54) is 17.0 Å². The van der Waals surface area contributed by atoms with Gasteiger partial charge in [-0.15, -0.1) is 0 Å². The van der Waals surface area contributed by atoms with Gasteiger partial charge in [0.25, 0.3) is 11.8 Å². The summed E-state index contributed by atoms with van der Waals surface area (Å²) < 4.78 is 24.1. The molecule has 34 heavy (non-hydrogen) atoms. The third kappa shape index (κ3) is 4.78. The number of carbonyl (C=O) groups excluding carboxylic acids is 2. The Hall–Kier alpha value is -4.13. The van der Waals surface area contributed by atoms with Crippen LogP contribution in [-0.4, -0.2) is 37.0 Å². The first kappa shape index (κ1) is 23.0. The molecule has 0 atom stereocenters. The highest BCUT2D eigenvalue weighted by Crippen LogP contribution is 2.34. The Morgan fingerprint density at radius 3 is 2.29 bits per heavy atom. The molecule has 0 saturated heterocycles. The van der Waals surface area contributed by atoms with Gasteiger partial charge in [0, 0.05) is 6.54 Å². The third-order valence-electron chi connectivity index (χ3n) is 5.53. The van der Waals surface area contributed by atoms with Crippen molar-refractivity contribution < 1.29 is 23.5 Å². The minimum atomic E-state index is -0.427. The standard InChI is InChI=1S/C27H25FN2O4/c1-3-34-23-7-5-4-6-22(23)29-25-24(19-10-14-21(33-2)15-11-19)26(31)30(27(25)32)17-16-18-8-12-20(28)13-9-18/h4-15,29H,3,16-17H2,1-2H3. The molecule has 0 aliphatic carbocycles. The van der Waals surface area contributed by atoms with Gasteiger partial charge in [-0.1, -0.05) is 36.4 Å². The van der Waals surface area contributed by atoms with E-state index in [2.05, 4.69) is 5.32 Å². The van der Waals surface area contributed by atoms with Crippen LogP contribution in [0, 0.1) is 5.82 Å². The molecule has 2 amide bonds. The number of ether oxygens (including phenoxy) is 2. The summed E-state index contributed by atoms with van der Waals surface area (Å²) in [7, 11) is 1.56. The fourth-order valence-corrected chi connectivity index (χ4v) is 3.80. The van der Waals surface area contributed by atoms with Crippen molar-refractivity contribution in [1.29, 1.82) is 0 Å². The van der Waals surface area contributed by atoms with Crippen molar-refractivity contribution in [3.8, 4) is 11.5 Å². The number of methoxy groups -OCH3 is 1. The molecule has 0 saturated carbocycles. The van der Waals surface area contributed by atoms with Crippen LogP contribution in [0.15, 0.2) is 78.5 Å². The summed E-state index contributed by atoms with van der Waals surface area (Å²) in [5.74, 6) is 0.0694. The number of imide groups is 1. The smallest absolute Gasteiger partial charge is 0.278 e. The molecule has 0 aromatic heterocycles. The first-order valence-electron chi connectivity index (χ1n) is 11.0. The summed E-state index contributed by atoms with van der Waals surface area (Å²) >= 11 is 0. The number of halogens is 1. The Balaban J connectivity index is 1.68. The van der Waals surface area contributed by atoms with E-state index in [4.69, 9.17) is 9.47 Å². The number of benzene rings is 3. The fraction of sp³-hybridized carbons (Fsp3) is 0.185. The molecule has 4 rings (SSSR count). The molecule has 3 aromatic rings. The van der Waals surface area contributed by atoms with E-state index in [9.17, 15) is 14.0 Å². The van der Waals surface area contributed by atoms with Crippen molar-refractivity contribution in [3.63, 3.8) is 0 Å². The third-order valence-corrected chi connectivity index (χ3v) is 5.53. The highest BCUT2D eigenvalue weighted by Gasteiger charge is 2.39. The fourth-order valence-electron chi connectivity index (χ4n) is 3.80. The van der Waals surface area contributed by atoms with Crippen LogP contribution >= 0.6 is 0 Å². The summed E-state index contributed by atoms with van der Waals surface area (Å²) in [4.78, 5) is 28.1. The summed E-state index contributed by atoms with van der Waals surface area (Å²) in [6.07, 6.45) is 0.413. The normalized spacial score (nSPS) is 13.4. The van der Waals surface area contributed by atoms with Crippen molar-refractivity contribution >= 4 is 23.1 Å². The van der Waals surface area contributed by atoms with Gasteiger partial charge in [0.1, 0.15) is 23.0 Å². The Kier molecular flexibility index (Phi) is 6.92. The molecule has 3 aromatic carbocycles. The second kappa shape index (κ2) is 10.2. The zero-order valence-electron chi connectivity index (χ0n) is 19.0. The summed E-state index contributed by atoms with van der Waals surface area (Å²) in [5, 5.41) is 3.15. The molecule has 6 nitrogen and oxygen atoms in total. The van der Waals surface area contributed by atoms with Crippen molar-refractivity contribution in [2.75, 3.05) is 25.6 Å². The number of para-hydroxylation sites is 2. The molecule has 1 heterocycles. The van der Waals surface area contributed by atoms with Crippen LogP contribution in [0.2, 0.25) is 0 Å². The summed E-state index contributed by atoms with van der Waals surface area (Å²) in [6, 6.07) is 20.3. The van der Waals surface area contributed by atoms with Crippen molar-refractivity contribution in [3.05, 3.63) is 95.4 Å². The maximum atomic E-state index is 13.4. The topological polar surface area (TPSA) is 67.9 Å². The zero-order valence-corrected chi connectivity index (χ0v) is 19.0. The highest BCUT2D eigenvalue weighted by molar-refractivity contribution is 6.36. The van der Waals surface area contributed by atoms with Crippen LogP contribution in [0.5, 0.6) is 11.5 Å². The number of carbonyl (C=O) groups is 2. The Labute approximate surface area is 197 Å². The van der Waals surface area contributed by atoms with Gasteiger partial charge in [-0.3, -0.25) is 14.5 Å². The first-order valence-corrected chi connectivity index (χ1v) is 11.0. The molecule has 0 bridgehead atoms. The van der Waals surface area contributed by atoms with Gasteiger partial charge in [0.2, 0.25) is 0 Å². The predicted octanol–water partition coefficient (Wildman–Crippen LogP) is 4.67. The number of hydrogen-bond donors (Lipinski definition) is 1. The van der Waals surface area contributed by atoms with E-state index in [1.807, 2.05) is 19.1 Å². The van der Waals surface area contributed by atoms with Gasteiger partial charge in [-0.2, -0.15) is 0 Å². The Morgan fingerprint density at radius 1 is 0.912 bits per heavy atom. The lowest BCUT2D eigenvalue weighted by Crippen LogP contribution is -2.34. The maximum absolute atomic E-state index is 13.4. The van der Waals surface area contributed by atoms with Crippen molar-refractivity contribution in [1.82, 2.24) is 4.90 Å². The number of amides is 2. The van der Waals surface area contributed by atoms with Gasteiger partial charge in [-0.25, -0.2) is 4.39 Å². The molecular formula is C27H25FN2O4. The van der Waals surface area contributed by atoms with E-state index in [0.717, 1.165) is 5.56 Å². The van der Waals surface area contributed by atoms with E-state index in [-0.39, 0.29) is 23.6 Å². The van der Waals surface area contributed by atoms with Gasteiger partial charge < -0.3 is 14.8 Å². The van der Waals surface area contributed by atoms with Gasteiger partial charge in [0.15, 0.2) is 0 Å². The van der Waals surface area contributed by atoms with Crippen LogP contribution in [0.4, 0.5) is 10.1 Å². The first-order chi connectivity index (χ1) is 16.5. The molecule has 0 radical (unpaired) electrons. The number of anilines is 1. The quantitative estimate of drug-likeness (QED) is 0.470. The van der Waals surface area contributed by atoms with Gasteiger partial charge in [-0.05, 0) is 60.9 Å². The number of rotatable bonds is 9. The predicted molar refractivity (Wildman–Crippen MR) is 128 cm³/mol. The molecule has 0 unspecified atom stereocenters. The Bertz CT molecular complexity index is 1220. The van der Waals surface area contributed by atoms with Crippen LogP contribution in [0.3, 0.4) is 0 Å². The zero-order chi connectivity index (χ0) is 24.1. The minimum Gasteiger partial charge on any atom is -0.497 e. The second-order valence-corrected chi connectivity index (χ2v) is 7.67. The van der Waals surface area contributed by atoms with Crippen molar-refractivity contribution in [2.24, 2.45) is 0 Å².